The van der Waals surface area contributed by atoms with Crippen LogP contribution in [0.4, 0.5) is 30.7 Å². The molecule has 0 fully saturated rings. The highest BCUT2D eigenvalue weighted by atomic mass is 19.4. The molecule has 0 aliphatic carbocycles. The van der Waals surface area contributed by atoms with Crippen LogP contribution < -0.4 is 0 Å². The second kappa shape index (κ2) is 10.3. The molecule has 14 heteroatoms. The highest BCUT2D eigenvalue weighted by Gasteiger charge is 2.39. The molecule has 0 radical (unpaired) electrons. The zero-order chi connectivity index (χ0) is 29.5. The smallest absolute Gasteiger partial charge is 0.417 e. The van der Waals surface area contributed by atoms with Crippen molar-refractivity contribution in [1.29, 1.82) is 0 Å². The number of methoxy groups -OCH3 is 1. The molecule has 41 heavy (non-hydrogen) atoms. The Kier molecular flexibility index (Phi) is 6.93. The van der Waals surface area contributed by atoms with E-state index in [9.17, 15) is 35.5 Å². The van der Waals surface area contributed by atoms with Crippen LogP contribution in [0.15, 0.2) is 73.1 Å². The number of carbonyl (C=O) groups is 1. The van der Waals surface area contributed by atoms with Crippen molar-refractivity contribution in [3.05, 3.63) is 95.7 Å². The van der Waals surface area contributed by atoms with Gasteiger partial charge in [0.05, 0.1) is 40.9 Å². The van der Waals surface area contributed by atoms with Gasteiger partial charge in [-0.15, -0.1) is 0 Å². The third-order valence-corrected chi connectivity index (χ3v) is 6.12. The lowest BCUT2D eigenvalue weighted by Gasteiger charge is -2.19. The molecule has 0 N–H and O–H groups in total. The van der Waals surface area contributed by atoms with Gasteiger partial charge in [0.2, 0.25) is 0 Å². The Hall–Kier alpha value is -4.88. The number of esters is 1. The second-order valence-electron chi connectivity index (χ2n) is 8.71. The van der Waals surface area contributed by atoms with Crippen LogP contribution >= 0.6 is 0 Å². The lowest BCUT2D eigenvalue weighted by Crippen LogP contribution is -2.23. The molecule has 3 aromatic rings. The number of alkyl halides is 6. The summed E-state index contributed by atoms with van der Waals surface area (Å²) >= 11 is 0. The largest absolute Gasteiger partial charge is 0.467 e. The minimum Gasteiger partial charge on any atom is -0.467 e. The first-order valence-corrected chi connectivity index (χ1v) is 11.7. The number of benzene rings is 2. The van der Waals surface area contributed by atoms with Crippen molar-refractivity contribution >= 4 is 5.97 Å². The predicted octanol–water partition coefficient (Wildman–Crippen LogP) is 6.45. The third kappa shape index (κ3) is 5.44. The van der Waals surface area contributed by atoms with Crippen LogP contribution in [0.2, 0.25) is 0 Å². The number of carbonyl (C=O) groups excluding carboxylic acids is 1. The number of hydrogen-bond acceptors (Lipinski definition) is 6. The number of ether oxygens (including phenoxy) is 1. The van der Waals surface area contributed by atoms with Gasteiger partial charge >= 0.3 is 18.3 Å². The fourth-order valence-corrected chi connectivity index (χ4v) is 4.17. The minimum atomic E-state index is -5.11. The van der Waals surface area contributed by atoms with Gasteiger partial charge in [0, 0.05) is 18.0 Å². The quantitative estimate of drug-likeness (QED) is 0.177. The maximum atomic E-state index is 14.2. The monoisotopic (exact) mass is 575 g/mol. The predicted molar refractivity (Wildman–Crippen MR) is 130 cm³/mol. The average molecular weight is 575 g/mol. The Balaban J connectivity index is 1.53. The summed E-state index contributed by atoms with van der Waals surface area (Å²) in [6.45, 7) is 0. The lowest BCUT2D eigenvalue weighted by atomic mass is 10.00. The van der Waals surface area contributed by atoms with Crippen LogP contribution in [0.25, 0.3) is 34.0 Å². The van der Waals surface area contributed by atoms with Crippen molar-refractivity contribution in [1.82, 2.24) is 24.7 Å². The number of hydrogen-bond donors (Lipinski definition) is 0. The molecule has 1 unspecified atom stereocenters. The molecule has 0 saturated carbocycles. The summed E-state index contributed by atoms with van der Waals surface area (Å²) in [6.07, 6.45) is -7.21. The maximum Gasteiger partial charge on any atom is 0.417 e. The van der Waals surface area contributed by atoms with Crippen molar-refractivity contribution in [2.75, 3.05) is 7.11 Å². The van der Waals surface area contributed by atoms with Gasteiger partial charge in [-0.1, -0.05) is 18.2 Å². The summed E-state index contributed by atoms with van der Waals surface area (Å²) in [6, 6.07) is 9.65. The molecule has 3 heterocycles. The summed E-state index contributed by atoms with van der Waals surface area (Å²) < 4.78 is 100. The van der Waals surface area contributed by atoms with Crippen molar-refractivity contribution in [2.45, 2.75) is 18.4 Å². The van der Waals surface area contributed by atoms with Crippen LogP contribution in [0, 0.1) is 5.82 Å². The first-order valence-electron chi connectivity index (χ1n) is 11.7. The Bertz CT molecular complexity index is 1700. The van der Waals surface area contributed by atoms with E-state index in [4.69, 9.17) is 4.74 Å². The maximum absolute atomic E-state index is 14.2. The standard InChI is InChI=1S/C27H16F7N5O2/c1-41-25(40)23(39-11-10-20-22(13-39)36-24(35-20)16-4-2-3-5-18(16)28)21-9-8-19(37-38-21)15-7-6-14(26(29,30)31)12-17(15)27(32,33)34/h2-13,23H,1H3. The molecule has 0 amide bonds. The summed E-state index contributed by atoms with van der Waals surface area (Å²) in [5.74, 6) is -1.22. The summed E-state index contributed by atoms with van der Waals surface area (Å²) in [5.41, 5.74) is -3.18. The van der Waals surface area contributed by atoms with Gasteiger partial charge in [-0.25, -0.2) is 19.2 Å². The molecule has 7 nitrogen and oxygen atoms in total. The highest BCUT2D eigenvalue weighted by Crippen LogP contribution is 2.40. The van der Waals surface area contributed by atoms with Crippen LogP contribution in [-0.2, 0) is 21.9 Å². The van der Waals surface area contributed by atoms with Crippen molar-refractivity contribution in [2.24, 2.45) is 0 Å². The fourth-order valence-electron chi connectivity index (χ4n) is 4.17. The van der Waals surface area contributed by atoms with Gasteiger partial charge in [-0.2, -0.15) is 36.5 Å². The van der Waals surface area contributed by atoms with Gasteiger partial charge in [-0.3, -0.25) is 0 Å². The number of aromatic nitrogens is 5. The Morgan fingerprint density at radius 1 is 0.829 bits per heavy atom. The first-order chi connectivity index (χ1) is 19.4. The topological polar surface area (TPSA) is 82.8 Å². The van der Waals surface area contributed by atoms with Gasteiger partial charge in [0.1, 0.15) is 11.5 Å². The lowest BCUT2D eigenvalue weighted by molar-refractivity contribution is -0.144. The van der Waals surface area contributed by atoms with E-state index in [1.54, 1.807) is 6.07 Å². The van der Waals surface area contributed by atoms with Crippen molar-refractivity contribution in [3.8, 4) is 34.0 Å². The first kappa shape index (κ1) is 27.7. The van der Waals surface area contributed by atoms with E-state index in [2.05, 4.69) is 20.2 Å². The van der Waals surface area contributed by atoms with Gasteiger partial charge in [-0.05, 0) is 42.5 Å². The van der Waals surface area contributed by atoms with E-state index in [0.29, 0.717) is 23.5 Å². The highest BCUT2D eigenvalue weighted by molar-refractivity contribution is 5.78. The van der Waals surface area contributed by atoms with Gasteiger partial charge in [0.15, 0.2) is 11.9 Å². The van der Waals surface area contributed by atoms with Crippen LogP contribution in [-0.4, -0.2) is 37.8 Å². The van der Waals surface area contributed by atoms with Crippen LogP contribution in [0.1, 0.15) is 22.9 Å². The van der Waals surface area contributed by atoms with E-state index in [-0.39, 0.29) is 28.8 Å². The van der Waals surface area contributed by atoms with E-state index in [0.717, 1.165) is 13.2 Å². The molecule has 2 aliphatic heterocycles. The third-order valence-electron chi connectivity index (χ3n) is 6.12. The zero-order valence-electron chi connectivity index (χ0n) is 20.7. The van der Waals surface area contributed by atoms with E-state index < -0.39 is 46.9 Å². The number of fused-ring (bicyclic) bond motifs is 1. The van der Waals surface area contributed by atoms with Gasteiger partial charge < -0.3 is 9.30 Å². The molecule has 0 spiro atoms. The zero-order valence-corrected chi connectivity index (χ0v) is 20.7. The Labute approximate surface area is 226 Å². The number of pyridine rings is 1. The molecule has 2 aromatic carbocycles. The molecule has 1 atom stereocenters. The van der Waals surface area contributed by atoms with Crippen LogP contribution in [0.3, 0.4) is 0 Å². The molecule has 0 bridgehead atoms. The summed E-state index contributed by atoms with van der Waals surface area (Å²) in [5, 5.41) is 7.66. The van der Waals surface area contributed by atoms with E-state index >= 15 is 0 Å². The number of halogens is 7. The number of imidazole rings is 1. The molecule has 2 aliphatic rings. The molecule has 0 saturated heterocycles. The van der Waals surface area contributed by atoms with Crippen molar-refractivity contribution in [3.63, 3.8) is 0 Å². The molecule has 1 aromatic heterocycles. The summed E-state index contributed by atoms with van der Waals surface area (Å²) in [4.78, 5) is 21.4. The van der Waals surface area contributed by atoms with E-state index in [1.165, 1.54) is 47.3 Å². The molecular weight excluding hydrogens is 559 g/mol. The Morgan fingerprint density at radius 3 is 2.20 bits per heavy atom. The molecule has 5 rings (SSSR count). The number of nitrogens with zero attached hydrogens (tertiary/aromatic N) is 5. The minimum absolute atomic E-state index is 0.00369. The SMILES string of the molecule is COC(=O)C(c1ccc(-c2ccc(C(F)(F)F)cc2C(F)(F)F)nn1)n1ccc2nc(-c3ccccc3F)nc-2c1. The fraction of sp³-hybridized carbons (Fsp3) is 0.148. The average Bonchev–Trinajstić information content (AvgIpc) is 3.36. The van der Waals surface area contributed by atoms with Crippen LogP contribution in [0.5, 0.6) is 0 Å². The number of rotatable bonds is 5. The molecular formula is C27H16F7N5O2. The molecule has 210 valence electrons. The Morgan fingerprint density at radius 2 is 1.56 bits per heavy atom. The second-order valence-corrected chi connectivity index (χ2v) is 8.71. The van der Waals surface area contributed by atoms with Gasteiger partial charge in [0.25, 0.3) is 0 Å². The van der Waals surface area contributed by atoms with Crippen molar-refractivity contribution < 1.29 is 40.3 Å². The van der Waals surface area contributed by atoms with E-state index in [1.807, 2.05) is 0 Å². The normalized spacial score (nSPS) is 12.9. The summed E-state index contributed by atoms with van der Waals surface area (Å²) in [7, 11) is 1.12.